The minimum atomic E-state index is -0.277. The van der Waals surface area contributed by atoms with Crippen LogP contribution in [0.1, 0.15) is 12.5 Å². The summed E-state index contributed by atoms with van der Waals surface area (Å²) < 4.78 is 10.8. The van der Waals surface area contributed by atoms with Crippen LogP contribution in [0.4, 0.5) is 5.69 Å². The van der Waals surface area contributed by atoms with Gasteiger partial charge in [0.05, 0.1) is 20.3 Å². The van der Waals surface area contributed by atoms with Gasteiger partial charge in [-0.15, -0.1) is 0 Å². The second-order valence-corrected chi connectivity index (χ2v) is 5.98. The number of benzene rings is 2. The summed E-state index contributed by atoms with van der Waals surface area (Å²) in [6, 6.07) is 15.1. The molecule has 25 heavy (non-hydrogen) atoms. The zero-order chi connectivity index (χ0) is 18.4. The average Bonchev–Trinajstić information content (AvgIpc) is 2.66. The molecule has 0 unspecified atom stereocenters. The van der Waals surface area contributed by atoms with Gasteiger partial charge >= 0.3 is 0 Å². The van der Waals surface area contributed by atoms with Gasteiger partial charge in [0.1, 0.15) is 0 Å². The molecule has 0 aliphatic heterocycles. The number of rotatable bonds is 7. The van der Waals surface area contributed by atoms with Gasteiger partial charge in [-0.05, 0) is 32.2 Å². The Balaban J connectivity index is 2.12. The Morgan fingerprint density at radius 2 is 1.68 bits per heavy atom. The van der Waals surface area contributed by atoms with Gasteiger partial charge < -0.3 is 14.4 Å². The minimum absolute atomic E-state index is 0.0376. The maximum atomic E-state index is 12.8. The number of carbonyl (C=O) groups excluding carboxylic acids is 1. The fraction of sp³-hybridized carbons (Fsp3) is 0.350. The van der Waals surface area contributed by atoms with E-state index >= 15 is 0 Å². The molecule has 0 bridgehead atoms. The number of carbonyl (C=O) groups is 1. The lowest BCUT2D eigenvalue weighted by molar-refractivity contribution is -0.122. The van der Waals surface area contributed by atoms with Crippen molar-refractivity contribution in [1.82, 2.24) is 4.90 Å². The van der Waals surface area contributed by atoms with Crippen molar-refractivity contribution in [3.63, 3.8) is 0 Å². The molecule has 5 heteroatoms. The largest absolute Gasteiger partial charge is 0.493 e. The number of ether oxygens (including phenoxy) is 2. The number of hydrogen-bond acceptors (Lipinski definition) is 4. The number of para-hydroxylation sites is 2. The predicted molar refractivity (Wildman–Crippen MR) is 100 cm³/mol. The number of nitrogens with zero attached hydrogens (tertiary/aromatic N) is 2. The standard InChI is InChI=1S/C20H26N2O3/c1-15(20(23)22(3)17-11-7-6-8-12-17)21(2)14-16-10-9-13-18(24-4)19(16)25-5/h6-13,15H,14H2,1-5H3/t15-/m0/s1. The van der Waals surface area contributed by atoms with Crippen LogP contribution in [-0.4, -0.2) is 45.2 Å². The zero-order valence-electron chi connectivity index (χ0n) is 15.5. The lowest BCUT2D eigenvalue weighted by Crippen LogP contribution is -2.44. The van der Waals surface area contributed by atoms with Gasteiger partial charge in [0, 0.05) is 24.8 Å². The smallest absolute Gasteiger partial charge is 0.243 e. The number of anilines is 1. The van der Waals surface area contributed by atoms with Gasteiger partial charge in [0.25, 0.3) is 0 Å². The maximum Gasteiger partial charge on any atom is 0.243 e. The number of hydrogen-bond donors (Lipinski definition) is 0. The van der Waals surface area contributed by atoms with Gasteiger partial charge in [0.2, 0.25) is 5.91 Å². The van der Waals surface area contributed by atoms with Crippen LogP contribution in [0.25, 0.3) is 0 Å². The van der Waals surface area contributed by atoms with Crippen LogP contribution in [0.5, 0.6) is 11.5 Å². The van der Waals surface area contributed by atoms with E-state index in [1.807, 2.05) is 67.4 Å². The molecule has 2 aromatic rings. The molecule has 1 atom stereocenters. The molecule has 0 aliphatic rings. The highest BCUT2D eigenvalue weighted by Crippen LogP contribution is 2.31. The van der Waals surface area contributed by atoms with Crippen molar-refractivity contribution < 1.29 is 14.3 Å². The third-order valence-electron chi connectivity index (χ3n) is 4.40. The molecule has 0 aliphatic carbocycles. The maximum absolute atomic E-state index is 12.8. The Morgan fingerprint density at radius 3 is 2.28 bits per heavy atom. The molecule has 0 fully saturated rings. The second kappa shape index (κ2) is 8.53. The van der Waals surface area contributed by atoms with Gasteiger partial charge in [0.15, 0.2) is 11.5 Å². The summed E-state index contributed by atoms with van der Waals surface area (Å²) in [5.74, 6) is 1.43. The normalized spacial score (nSPS) is 11.9. The fourth-order valence-electron chi connectivity index (χ4n) is 2.73. The van der Waals surface area contributed by atoms with Crippen molar-refractivity contribution in [2.24, 2.45) is 0 Å². The van der Waals surface area contributed by atoms with Crippen LogP contribution in [-0.2, 0) is 11.3 Å². The molecule has 0 radical (unpaired) electrons. The molecule has 1 amide bonds. The minimum Gasteiger partial charge on any atom is -0.493 e. The predicted octanol–water partition coefficient (Wildman–Crippen LogP) is 3.19. The van der Waals surface area contributed by atoms with Crippen LogP contribution in [0.15, 0.2) is 48.5 Å². The first kappa shape index (κ1) is 18.8. The summed E-state index contributed by atoms with van der Waals surface area (Å²) in [4.78, 5) is 16.5. The second-order valence-electron chi connectivity index (χ2n) is 5.98. The van der Waals surface area contributed by atoms with Crippen molar-refractivity contribution in [2.45, 2.75) is 19.5 Å². The number of likely N-dealkylation sites (N-methyl/N-ethyl adjacent to an activating group) is 2. The molecule has 0 spiro atoms. The van der Waals surface area contributed by atoms with E-state index in [4.69, 9.17) is 9.47 Å². The molecule has 134 valence electrons. The van der Waals surface area contributed by atoms with Crippen LogP contribution in [0.3, 0.4) is 0 Å². The monoisotopic (exact) mass is 342 g/mol. The average molecular weight is 342 g/mol. The van der Waals surface area contributed by atoms with Crippen LogP contribution >= 0.6 is 0 Å². The summed E-state index contributed by atoms with van der Waals surface area (Å²) in [5, 5.41) is 0. The Bertz CT molecular complexity index is 703. The topological polar surface area (TPSA) is 42.0 Å². The lowest BCUT2D eigenvalue weighted by Gasteiger charge is -2.28. The third kappa shape index (κ3) is 4.31. The molecule has 2 aromatic carbocycles. The number of amides is 1. The third-order valence-corrected chi connectivity index (χ3v) is 4.40. The highest BCUT2D eigenvalue weighted by molar-refractivity contribution is 5.96. The van der Waals surface area contributed by atoms with Crippen molar-refractivity contribution in [3.8, 4) is 11.5 Å². The van der Waals surface area contributed by atoms with Gasteiger partial charge in [-0.3, -0.25) is 9.69 Å². The Labute approximate surface area is 149 Å². The summed E-state index contributed by atoms with van der Waals surface area (Å²) in [6.07, 6.45) is 0. The van der Waals surface area contributed by atoms with Crippen molar-refractivity contribution in [3.05, 3.63) is 54.1 Å². The molecule has 0 saturated heterocycles. The fourth-order valence-corrected chi connectivity index (χ4v) is 2.73. The quantitative estimate of drug-likeness (QED) is 0.775. The van der Waals surface area contributed by atoms with Crippen molar-refractivity contribution >= 4 is 11.6 Å². The van der Waals surface area contributed by atoms with E-state index in [1.165, 1.54) is 0 Å². The molecule has 0 heterocycles. The summed E-state index contributed by atoms with van der Waals surface area (Å²) >= 11 is 0. The molecule has 0 aromatic heterocycles. The van der Waals surface area contributed by atoms with E-state index in [0.29, 0.717) is 18.0 Å². The van der Waals surface area contributed by atoms with E-state index in [9.17, 15) is 4.79 Å². The van der Waals surface area contributed by atoms with E-state index < -0.39 is 0 Å². The number of methoxy groups -OCH3 is 2. The highest BCUT2D eigenvalue weighted by atomic mass is 16.5. The Hall–Kier alpha value is -2.53. The molecule has 0 saturated carbocycles. The van der Waals surface area contributed by atoms with Gasteiger partial charge in [-0.2, -0.15) is 0 Å². The van der Waals surface area contributed by atoms with Crippen LogP contribution < -0.4 is 14.4 Å². The van der Waals surface area contributed by atoms with E-state index in [0.717, 1.165) is 11.3 Å². The van der Waals surface area contributed by atoms with Crippen molar-refractivity contribution in [1.29, 1.82) is 0 Å². The van der Waals surface area contributed by atoms with Gasteiger partial charge in [-0.1, -0.05) is 30.3 Å². The molecular formula is C20H26N2O3. The molecular weight excluding hydrogens is 316 g/mol. The molecule has 2 rings (SSSR count). The summed E-state index contributed by atoms with van der Waals surface area (Å²) in [6.45, 7) is 2.49. The zero-order valence-corrected chi connectivity index (χ0v) is 15.5. The lowest BCUT2D eigenvalue weighted by atomic mass is 10.1. The van der Waals surface area contributed by atoms with Crippen LogP contribution in [0.2, 0.25) is 0 Å². The summed E-state index contributed by atoms with van der Waals surface area (Å²) in [7, 11) is 6.97. The summed E-state index contributed by atoms with van der Waals surface area (Å²) in [5.41, 5.74) is 1.86. The van der Waals surface area contributed by atoms with E-state index in [2.05, 4.69) is 0 Å². The Kier molecular flexibility index (Phi) is 6.42. The Morgan fingerprint density at radius 1 is 1.00 bits per heavy atom. The molecule has 5 nitrogen and oxygen atoms in total. The van der Waals surface area contributed by atoms with Crippen LogP contribution in [0, 0.1) is 0 Å². The van der Waals surface area contributed by atoms with Crippen molar-refractivity contribution in [2.75, 3.05) is 33.2 Å². The first-order chi connectivity index (χ1) is 12.0. The van der Waals surface area contributed by atoms with E-state index in [-0.39, 0.29) is 11.9 Å². The van der Waals surface area contributed by atoms with E-state index in [1.54, 1.807) is 26.2 Å². The SMILES string of the molecule is COc1cccc(CN(C)[C@@H](C)C(=O)N(C)c2ccccc2)c1OC. The van der Waals surface area contributed by atoms with Gasteiger partial charge in [-0.25, -0.2) is 0 Å². The highest BCUT2D eigenvalue weighted by Gasteiger charge is 2.23. The first-order valence-electron chi connectivity index (χ1n) is 8.22. The molecule has 0 N–H and O–H groups in total. The first-order valence-corrected chi connectivity index (χ1v) is 8.22.